The van der Waals surface area contributed by atoms with Crippen molar-refractivity contribution in [3.8, 4) is 0 Å². The average molecular weight is 342 g/mol. The minimum atomic E-state index is -0.764. The van der Waals surface area contributed by atoms with Crippen LogP contribution in [0, 0.1) is 10.1 Å². The fourth-order valence-corrected chi connectivity index (χ4v) is 3.57. The van der Waals surface area contributed by atoms with Gasteiger partial charge in [0.1, 0.15) is 5.75 Å². The number of nitro groups is 1. The van der Waals surface area contributed by atoms with E-state index in [0.717, 1.165) is 21.6 Å². The number of hydrogen-bond donors (Lipinski definition) is 0. The fraction of sp³-hybridized carbons (Fsp3) is 0.250. The Hall–Kier alpha value is -2.07. The van der Waals surface area contributed by atoms with E-state index in [4.69, 9.17) is 0 Å². The second-order valence-corrected chi connectivity index (χ2v) is 6.45. The maximum atomic E-state index is 11.6. The van der Waals surface area contributed by atoms with Gasteiger partial charge in [-0.05, 0) is 16.9 Å². The lowest BCUT2D eigenvalue weighted by atomic mass is 10.3. The summed E-state index contributed by atoms with van der Waals surface area (Å²) in [5.74, 6) is -2.02. The van der Waals surface area contributed by atoms with Gasteiger partial charge in [0.05, 0.1) is 9.82 Å². The molecule has 0 radical (unpaired) electrons. The van der Waals surface area contributed by atoms with Crippen molar-refractivity contribution >= 4 is 45.1 Å². The predicted octanol–water partition coefficient (Wildman–Crippen LogP) is 1.94. The van der Waals surface area contributed by atoms with E-state index in [-0.39, 0.29) is 24.3 Å². The van der Waals surface area contributed by atoms with E-state index in [1.165, 1.54) is 6.07 Å². The first kappa shape index (κ1) is 16.3. The molecular formula is C12H10N2O6S2. The van der Waals surface area contributed by atoms with Crippen LogP contribution in [0.15, 0.2) is 29.2 Å². The molecule has 1 aliphatic rings. The molecule has 1 heterocycles. The van der Waals surface area contributed by atoms with Crippen LogP contribution in [0.2, 0.25) is 0 Å². The lowest BCUT2D eigenvalue weighted by Gasteiger charge is -2.11. The largest absolute Gasteiger partial charge is 0.343 e. The molecule has 0 aliphatic carbocycles. The van der Waals surface area contributed by atoms with Crippen molar-refractivity contribution in [3.63, 3.8) is 0 Å². The highest BCUT2D eigenvalue weighted by Crippen LogP contribution is 2.37. The van der Waals surface area contributed by atoms with E-state index in [1.54, 1.807) is 18.2 Å². The Balaban J connectivity index is 1.84. The number of hydrogen-bond acceptors (Lipinski definition) is 8. The van der Waals surface area contributed by atoms with E-state index in [9.17, 15) is 24.5 Å². The lowest BCUT2D eigenvalue weighted by molar-refractivity contribution is -0.387. The van der Waals surface area contributed by atoms with Gasteiger partial charge in [-0.2, -0.15) is 0 Å². The number of carbonyl (C=O) groups is 3. The molecule has 1 aromatic rings. The minimum absolute atomic E-state index is 0.0320. The van der Waals surface area contributed by atoms with Crippen LogP contribution in [-0.4, -0.2) is 33.5 Å². The van der Waals surface area contributed by atoms with Crippen LogP contribution < -0.4 is 0 Å². The molecule has 2 rings (SSSR count). The lowest BCUT2D eigenvalue weighted by Crippen LogP contribution is -2.32. The van der Waals surface area contributed by atoms with Crippen molar-refractivity contribution in [1.29, 1.82) is 0 Å². The number of para-hydroxylation sites is 1. The molecule has 0 bridgehead atoms. The zero-order chi connectivity index (χ0) is 16.1. The summed E-state index contributed by atoms with van der Waals surface area (Å²) in [6, 6.07) is 6.12. The molecule has 1 aliphatic heterocycles. The van der Waals surface area contributed by atoms with Gasteiger partial charge in [-0.25, -0.2) is 4.79 Å². The van der Waals surface area contributed by atoms with E-state index in [1.807, 2.05) is 0 Å². The fourth-order valence-electron chi connectivity index (χ4n) is 1.61. The summed E-state index contributed by atoms with van der Waals surface area (Å²) in [5, 5.41) is 11.3. The van der Waals surface area contributed by atoms with Crippen LogP contribution in [0.5, 0.6) is 0 Å². The summed E-state index contributed by atoms with van der Waals surface area (Å²) in [6.45, 7) is 0. The van der Waals surface area contributed by atoms with Gasteiger partial charge in [-0.3, -0.25) is 19.7 Å². The highest BCUT2D eigenvalue weighted by atomic mass is 33.1. The first-order valence-electron chi connectivity index (χ1n) is 6.08. The summed E-state index contributed by atoms with van der Waals surface area (Å²) in [4.78, 5) is 49.5. The first-order chi connectivity index (χ1) is 10.5. The molecule has 10 heteroatoms. The number of hydroxylamine groups is 2. The molecule has 1 fully saturated rings. The van der Waals surface area contributed by atoms with Crippen LogP contribution in [0.3, 0.4) is 0 Å². The topological polar surface area (TPSA) is 107 Å². The third kappa shape index (κ3) is 3.98. The summed E-state index contributed by atoms with van der Waals surface area (Å²) in [7, 11) is 2.07. The third-order valence-corrected chi connectivity index (χ3v) is 4.83. The number of nitro benzene ring substituents is 1. The Bertz CT molecular complexity index is 620. The predicted molar refractivity (Wildman–Crippen MR) is 78.6 cm³/mol. The van der Waals surface area contributed by atoms with Gasteiger partial charge in [0, 0.05) is 18.9 Å². The Kier molecular flexibility index (Phi) is 5.39. The molecule has 8 nitrogen and oxygen atoms in total. The average Bonchev–Trinajstić information content (AvgIpc) is 2.79. The number of amides is 2. The zero-order valence-corrected chi connectivity index (χ0v) is 12.7. The number of rotatable bonds is 6. The number of nitrogens with zero attached hydrogens (tertiary/aromatic N) is 2. The van der Waals surface area contributed by atoms with Crippen molar-refractivity contribution in [3.05, 3.63) is 34.4 Å². The standard InChI is InChI=1S/C12H10N2O6S2/c15-10-5-6-11(16)13(10)20-12(17)7-21-22-9-4-2-1-3-8(9)14(18)19/h1-4H,5-7H2. The Morgan fingerprint density at radius 1 is 1.27 bits per heavy atom. The molecule has 22 heavy (non-hydrogen) atoms. The van der Waals surface area contributed by atoms with Crippen molar-refractivity contribution in [2.24, 2.45) is 0 Å². The SMILES string of the molecule is O=C(CSSc1ccccc1[N+](=O)[O-])ON1C(=O)CCC1=O. The summed E-state index contributed by atoms with van der Waals surface area (Å²) >= 11 is 0. The maximum Gasteiger partial charge on any atom is 0.343 e. The van der Waals surface area contributed by atoms with E-state index < -0.39 is 22.7 Å². The molecule has 116 valence electrons. The summed E-state index contributed by atoms with van der Waals surface area (Å²) in [5.41, 5.74) is -0.0572. The van der Waals surface area contributed by atoms with Crippen LogP contribution >= 0.6 is 21.6 Å². The monoisotopic (exact) mass is 342 g/mol. The van der Waals surface area contributed by atoms with Crippen molar-refractivity contribution in [2.45, 2.75) is 17.7 Å². The van der Waals surface area contributed by atoms with Gasteiger partial charge in [0.25, 0.3) is 17.5 Å². The second-order valence-electron chi connectivity index (χ2n) is 4.12. The van der Waals surface area contributed by atoms with Crippen molar-refractivity contribution < 1.29 is 24.1 Å². The molecule has 0 unspecified atom stereocenters. The molecule has 0 spiro atoms. The molecular weight excluding hydrogens is 332 g/mol. The molecule has 0 N–H and O–H groups in total. The van der Waals surface area contributed by atoms with Crippen molar-refractivity contribution in [2.75, 3.05) is 5.75 Å². The zero-order valence-electron chi connectivity index (χ0n) is 11.1. The van der Waals surface area contributed by atoms with E-state index >= 15 is 0 Å². The molecule has 2 amide bonds. The van der Waals surface area contributed by atoms with Gasteiger partial charge >= 0.3 is 5.97 Å². The van der Waals surface area contributed by atoms with Crippen LogP contribution in [0.25, 0.3) is 0 Å². The summed E-state index contributed by atoms with van der Waals surface area (Å²) < 4.78 is 0. The minimum Gasteiger partial charge on any atom is -0.329 e. The smallest absolute Gasteiger partial charge is 0.329 e. The van der Waals surface area contributed by atoms with Gasteiger partial charge in [-0.15, -0.1) is 5.06 Å². The Morgan fingerprint density at radius 2 is 1.91 bits per heavy atom. The molecule has 0 aromatic heterocycles. The van der Waals surface area contributed by atoms with E-state index in [0.29, 0.717) is 9.96 Å². The number of carbonyl (C=O) groups excluding carboxylic acids is 3. The normalized spacial score (nSPS) is 14.3. The van der Waals surface area contributed by atoms with Crippen LogP contribution in [-0.2, 0) is 19.2 Å². The highest BCUT2D eigenvalue weighted by Gasteiger charge is 2.32. The van der Waals surface area contributed by atoms with E-state index in [2.05, 4.69) is 4.84 Å². The number of benzene rings is 1. The molecule has 1 aromatic carbocycles. The number of imide groups is 1. The Morgan fingerprint density at radius 3 is 2.55 bits per heavy atom. The highest BCUT2D eigenvalue weighted by molar-refractivity contribution is 8.76. The molecule has 1 saturated heterocycles. The van der Waals surface area contributed by atoms with Gasteiger partial charge in [-0.1, -0.05) is 22.9 Å². The second kappa shape index (κ2) is 7.27. The molecule has 0 atom stereocenters. The van der Waals surface area contributed by atoms with Crippen molar-refractivity contribution in [1.82, 2.24) is 5.06 Å². The summed E-state index contributed by atoms with van der Waals surface area (Å²) in [6.07, 6.45) is 0.0639. The first-order valence-corrected chi connectivity index (χ1v) is 8.40. The quantitative estimate of drug-likeness (QED) is 0.334. The maximum absolute atomic E-state index is 11.6. The Labute approximate surface area is 132 Å². The third-order valence-electron chi connectivity index (χ3n) is 2.59. The van der Waals surface area contributed by atoms with Crippen LogP contribution in [0.1, 0.15) is 12.8 Å². The molecule has 0 saturated carbocycles. The van der Waals surface area contributed by atoms with Gasteiger partial charge in [0.15, 0.2) is 0 Å². The van der Waals surface area contributed by atoms with Gasteiger partial charge < -0.3 is 4.84 Å². The van der Waals surface area contributed by atoms with Crippen LogP contribution in [0.4, 0.5) is 5.69 Å². The van der Waals surface area contributed by atoms with Gasteiger partial charge in [0.2, 0.25) is 0 Å².